The maximum absolute atomic E-state index is 2.38. The molecule has 11 aromatic carbocycles. The van der Waals surface area contributed by atoms with Crippen LogP contribution in [0.25, 0.3) is 94.3 Å². The van der Waals surface area contributed by atoms with Gasteiger partial charge in [0.1, 0.15) is 0 Å². The molecule has 0 fully saturated rings. The fraction of sp³-hybridized carbons (Fsp3) is 0. The number of anilines is 3. The van der Waals surface area contributed by atoms with Gasteiger partial charge in [-0.25, -0.2) is 0 Å². The Morgan fingerprint density at radius 2 is 0.515 bits per heavy atom. The average Bonchev–Trinajstić information content (AvgIpc) is 3.76. The van der Waals surface area contributed by atoms with Gasteiger partial charge in [0.15, 0.2) is 0 Å². The van der Waals surface area contributed by atoms with Crippen molar-refractivity contribution < 1.29 is 0 Å². The molecule has 0 saturated heterocycles. The molecule has 12 aromatic rings. The molecule has 68 heavy (non-hydrogen) atoms. The van der Waals surface area contributed by atoms with Crippen LogP contribution in [0.5, 0.6) is 0 Å². The number of para-hydroxylation sites is 2. The molecule has 0 aliphatic carbocycles. The molecule has 2 heteroatoms. The first-order chi connectivity index (χ1) is 33.7. The zero-order valence-corrected chi connectivity index (χ0v) is 37.5. The van der Waals surface area contributed by atoms with Crippen molar-refractivity contribution in [3.63, 3.8) is 0 Å². The van der Waals surface area contributed by atoms with Crippen LogP contribution in [0, 0.1) is 0 Å². The summed E-state index contributed by atoms with van der Waals surface area (Å²) in [6.45, 7) is 0. The third-order valence-electron chi connectivity index (χ3n) is 13.2. The van der Waals surface area contributed by atoms with E-state index in [4.69, 9.17) is 0 Å². The topological polar surface area (TPSA) is 8.17 Å². The van der Waals surface area contributed by atoms with Crippen LogP contribution < -0.4 is 4.90 Å². The van der Waals surface area contributed by atoms with E-state index in [0.29, 0.717) is 0 Å². The number of fused-ring (bicyclic) bond motifs is 3. The van der Waals surface area contributed by atoms with Gasteiger partial charge in [-0.15, -0.1) is 0 Å². The maximum atomic E-state index is 2.38. The smallest absolute Gasteiger partial charge is 0.0547 e. The van der Waals surface area contributed by atoms with Gasteiger partial charge >= 0.3 is 0 Å². The SMILES string of the molecule is c1ccc(-c2ccc(-c3ccc(N(c4ccc(-c5cc(-c6ccccc6)cc(-c6ccccc6)c5)cc4)c4ccc(-c5ccc6c7ccccc7n(-c7ccccc7)c6c5)cc4)cc3)cc2)cc1. The Bertz CT molecular complexity index is 3600. The van der Waals surface area contributed by atoms with E-state index < -0.39 is 0 Å². The van der Waals surface area contributed by atoms with Crippen molar-refractivity contribution in [2.45, 2.75) is 0 Å². The molecule has 0 aliphatic rings. The summed E-state index contributed by atoms with van der Waals surface area (Å²) >= 11 is 0. The number of hydrogen-bond donors (Lipinski definition) is 0. The molecule has 0 aliphatic heterocycles. The van der Waals surface area contributed by atoms with Crippen molar-refractivity contribution in [3.8, 4) is 72.4 Å². The summed E-state index contributed by atoms with van der Waals surface area (Å²) in [5.74, 6) is 0. The van der Waals surface area contributed by atoms with Crippen molar-refractivity contribution >= 4 is 38.9 Å². The Labute approximate surface area is 397 Å². The van der Waals surface area contributed by atoms with E-state index >= 15 is 0 Å². The predicted octanol–water partition coefficient (Wildman–Crippen LogP) is 18.3. The quantitative estimate of drug-likeness (QED) is 0.133. The van der Waals surface area contributed by atoms with Crippen LogP contribution in [-0.2, 0) is 0 Å². The molecule has 0 saturated carbocycles. The van der Waals surface area contributed by atoms with E-state index in [0.717, 1.165) is 33.9 Å². The first-order valence-electron chi connectivity index (χ1n) is 23.3. The van der Waals surface area contributed by atoms with Gasteiger partial charge in [-0.2, -0.15) is 0 Å². The van der Waals surface area contributed by atoms with E-state index in [1.54, 1.807) is 0 Å². The monoisotopic (exact) mass is 866 g/mol. The summed E-state index contributed by atoms with van der Waals surface area (Å²) in [6.07, 6.45) is 0. The zero-order chi connectivity index (χ0) is 45.2. The lowest BCUT2D eigenvalue weighted by Crippen LogP contribution is -2.09. The molecule has 0 bridgehead atoms. The molecule has 0 atom stereocenters. The molecule has 12 rings (SSSR count). The summed E-state index contributed by atoms with van der Waals surface area (Å²) in [7, 11) is 0. The number of aromatic nitrogens is 1. The van der Waals surface area contributed by atoms with E-state index in [-0.39, 0.29) is 0 Å². The Hall–Kier alpha value is -8.98. The van der Waals surface area contributed by atoms with Gasteiger partial charge in [-0.3, -0.25) is 0 Å². The van der Waals surface area contributed by atoms with E-state index in [9.17, 15) is 0 Å². The van der Waals surface area contributed by atoms with Gasteiger partial charge in [0.05, 0.1) is 11.0 Å². The van der Waals surface area contributed by atoms with E-state index in [1.807, 2.05) is 0 Å². The minimum atomic E-state index is 1.08. The van der Waals surface area contributed by atoms with Crippen molar-refractivity contribution in [2.75, 3.05) is 4.90 Å². The molecule has 0 radical (unpaired) electrons. The van der Waals surface area contributed by atoms with Gasteiger partial charge < -0.3 is 9.47 Å². The van der Waals surface area contributed by atoms with Gasteiger partial charge in [0.25, 0.3) is 0 Å². The molecule has 1 aromatic heterocycles. The molecule has 0 amide bonds. The highest BCUT2D eigenvalue weighted by molar-refractivity contribution is 6.10. The van der Waals surface area contributed by atoms with Gasteiger partial charge in [-0.1, -0.05) is 200 Å². The number of rotatable bonds is 10. The van der Waals surface area contributed by atoms with Gasteiger partial charge in [0.2, 0.25) is 0 Å². The van der Waals surface area contributed by atoms with Gasteiger partial charge in [-0.05, 0) is 146 Å². The maximum Gasteiger partial charge on any atom is 0.0547 e. The molecule has 2 nitrogen and oxygen atoms in total. The van der Waals surface area contributed by atoms with Crippen LogP contribution in [0.1, 0.15) is 0 Å². The normalized spacial score (nSPS) is 11.2. The number of hydrogen-bond acceptors (Lipinski definition) is 1. The van der Waals surface area contributed by atoms with Crippen LogP contribution in [0.2, 0.25) is 0 Å². The standard InChI is InChI=1S/C66H46N2/c1-5-15-47(16-6-1)50-25-27-51(28-26-50)52-29-36-60(37-30-52)67(62-40-33-54(34-41-62)58-44-56(48-17-7-2-8-18-48)43-57(45-58)49-19-9-3-10-20-49)61-38-31-53(32-39-61)55-35-42-64-63-23-13-14-24-65(63)68(66(64)46-55)59-21-11-4-12-22-59/h1-46H. The van der Waals surface area contributed by atoms with Crippen molar-refractivity contribution in [2.24, 2.45) is 0 Å². The minimum Gasteiger partial charge on any atom is -0.311 e. The summed E-state index contributed by atoms with van der Waals surface area (Å²) in [5, 5.41) is 2.50. The highest BCUT2D eigenvalue weighted by Gasteiger charge is 2.17. The lowest BCUT2D eigenvalue weighted by Gasteiger charge is -2.26. The van der Waals surface area contributed by atoms with Crippen LogP contribution in [0.4, 0.5) is 17.1 Å². The summed E-state index contributed by atoms with van der Waals surface area (Å²) < 4.78 is 2.38. The van der Waals surface area contributed by atoms with E-state index in [2.05, 4.69) is 289 Å². The number of benzene rings is 11. The second-order valence-corrected chi connectivity index (χ2v) is 17.4. The minimum absolute atomic E-state index is 1.08. The second-order valence-electron chi connectivity index (χ2n) is 17.4. The lowest BCUT2D eigenvalue weighted by molar-refractivity contribution is 1.18. The number of nitrogens with zero attached hydrogens (tertiary/aromatic N) is 2. The lowest BCUT2D eigenvalue weighted by atomic mass is 9.93. The molecule has 320 valence electrons. The van der Waals surface area contributed by atoms with Crippen molar-refractivity contribution in [3.05, 3.63) is 279 Å². The molecule has 0 spiro atoms. The van der Waals surface area contributed by atoms with Crippen LogP contribution >= 0.6 is 0 Å². The Morgan fingerprint density at radius 3 is 0.971 bits per heavy atom. The third kappa shape index (κ3) is 7.85. The first kappa shape index (κ1) is 40.5. The molecular formula is C66H46N2. The third-order valence-corrected chi connectivity index (χ3v) is 13.2. The Kier molecular flexibility index (Phi) is 10.6. The second kappa shape index (κ2) is 17.8. The molecule has 0 unspecified atom stereocenters. The van der Waals surface area contributed by atoms with Crippen molar-refractivity contribution in [1.29, 1.82) is 0 Å². The summed E-state index contributed by atoms with van der Waals surface area (Å²) in [6, 6.07) is 101. The largest absolute Gasteiger partial charge is 0.311 e. The van der Waals surface area contributed by atoms with Crippen LogP contribution in [0.3, 0.4) is 0 Å². The fourth-order valence-corrected chi connectivity index (χ4v) is 9.74. The molecule has 0 N–H and O–H groups in total. The van der Waals surface area contributed by atoms with Crippen molar-refractivity contribution in [1.82, 2.24) is 4.57 Å². The highest BCUT2D eigenvalue weighted by atomic mass is 15.1. The summed E-state index contributed by atoms with van der Waals surface area (Å²) in [4.78, 5) is 2.36. The van der Waals surface area contributed by atoms with Gasteiger partial charge in [0, 0.05) is 33.5 Å². The Balaban J connectivity index is 0.921. The first-order valence-corrected chi connectivity index (χ1v) is 23.3. The Morgan fingerprint density at radius 1 is 0.206 bits per heavy atom. The molecular weight excluding hydrogens is 821 g/mol. The summed E-state index contributed by atoms with van der Waals surface area (Å²) in [5.41, 5.74) is 21.1. The average molecular weight is 867 g/mol. The fourth-order valence-electron chi connectivity index (χ4n) is 9.74. The zero-order valence-electron chi connectivity index (χ0n) is 37.5. The van der Waals surface area contributed by atoms with Crippen LogP contribution in [-0.4, -0.2) is 4.57 Å². The predicted molar refractivity (Wildman–Crippen MR) is 288 cm³/mol. The van der Waals surface area contributed by atoms with Crippen LogP contribution in [0.15, 0.2) is 279 Å². The van der Waals surface area contributed by atoms with E-state index in [1.165, 1.54) is 77.4 Å². The highest BCUT2D eigenvalue weighted by Crippen LogP contribution is 2.41. The molecule has 1 heterocycles.